The van der Waals surface area contributed by atoms with E-state index in [9.17, 15) is 22.9 Å². The van der Waals surface area contributed by atoms with E-state index in [2.05, 4.69) is 15.5 Å². The Labute approximate surface area is 263 Å². The van der Waals surface area contributed by atoms with Crippen molar-refractivity contribution in [1.29, 1.82) is 0 Å². The standard InChI is InChI=1S/C27H23Cl2N3O6S.Na/c1-3-15-11-20(29)26(39(35,36)37)22(12-15)31-32-24-18-8-6-5-7-16(18)13-19(25(24)33)27(34)30-21-10-9-17(28)14-23(21)38-4-2;/h5-14,33H,3-4H2,1-2H3,(H,30,34)(H,35,36,37);/q;+1/p-1. The van der Waals surface area contributed by atoms with Gasteiger partial charge in [0.2, 0.25) is 0 Å². The van der Waals surface area contributed by atoms with Gasteiger partial charge in [-0.1, -0.05) is 60.1 Å². The van der Waals surface area contributed by atoms with Gasteiger partial charge in [-0.25, -0.2) is 0 Å². The van der Waals surface area contributed by atoms with Crippen LogP contribution in [0, 0.1) is 0 Å². The Morgan fingerprint density at radius 1 is 1.05 bits per heavy atom. The Morgan fingerprint density at radius 2 is 1.77 bits per heavy atom. The zero-order valence-corrected chi connectivity index (χ0v) is 26.1. The van der Waals surface area contributed by atoms with Crippen LogP contribution in [0.1, 0.15) is 29.8 Å². The number of carbonyl (C=O) groups excluding carboxylic acids is 1. The number of ether oxygens (including phenoxy) is 1. The van der Waals surface area contributed by atoms with Crippen molar-refractivity contribution in [1.82, 2.24) is 0 Å². The summed E-state index contributed by atoms with van der Waals surface area (Å²) >= 11 is 12.2. The minimum Gasteiger partial charge on any atom is -0.870 e. The van der Waals surface area contributed by atoms with Gasteiger partial charge in [0.05, 0.1) is 23.0 Å². The SMILES string of the molecule is CCOc1cc(Cl)ccc1NC(=O)c1cc2ccccc2c(N=Nc2cc(CC)cc(Cl)c2S(=O)(=O)O)c1[O-].[Na+]. The minimum atomic E-state index is -4.76. The van der Waals surface area contributed by atoms with Gasteiger partial charge in [0, 0.05) is 22.0 Å². The van der Waals surface area contributed by atoms with E-state index in [0.29, 0.717) is 45.8 Å². The van der Waals surface area contributed by atoms with E-state index in [0.717, 1.165) is 0 Å². The Bertz CT molecular complexity index is 1730. The second kappa shape index (κ2) is 13.3. The number of nitrogens with zero attached hydrogens (tertiary/aromatic N) is 2. The van der Waals surface area contributed by atoms with Crippen LogP contribution in [-0.2, 0) is 16.5 Å². The van der Waals surface area contributed by atoms with Gasteiger partial charge >= 0.3 is 29.6 Å². The summed E-state index contributed by atoms with van der Waals surface area (Å²) in [4.78, 5) is 12.6. The van der Waals surface area contributed by atoms with Crippen molar-refractivity contribution in [3.05, 3.63) is 81.8 Å². The van der Waals surface area contributed by atoms with E-state index in [1.165, 1.54) is 18.2 Å². The Morgan fingerprint density at radius 3 is 2.45 bits per heavy atom. The third-order valence-corrected chi connectivity index (χ3v) is 7.31. The zero-order chi connectivity index (χ0) is 28.3. The van der Waals surface area contributed by atoms with Crippen LogP contribution in [0.3, 0.4) is 0 Å². The molecule has 0 unspecified atom stereocenters. The Kier molecular flexibility index (Phi) is 10.6. The fourth-order valence-corrected chi connectivity index (χ4v) is 5.27. The van der Waals surface area contributed by atoms with Crippen molar-refractivity contribution in [3.8, 4) is 11.5 Å². The molecule has 0 aromatic heterocycles. The maximum atomic E-state index is 13.5. The summed E-state index contributed by atoms with van der Waals surface area (Å²) in [7, 11) is -4.76. The van der Waals surface area contributed by atoms with Gasteiger partial charge in [0.1, 0.15) is 16.3 Å². The van der Waals surface area contributed by atoms with Crippen molar-refractivity contribution in [2.45, 2.75) is 25.2 Å². The number of amides is 1. The van der Waals surface area contributed by atoms with Crippen LogP contribution in [0.25, 0.3) is 10.8 Å². The first-order chi connectivity index (χ1) is 18.5. The maximum Gasteiger partial charge on any atom is 1.00 e. The van der Waals surface area contributed by atoms with Crippen molar-refractivity contribution in [2.24, 2.45) is 10.2 Å². The van der Waals surface area contributed by atoms with Crippen LogP contribution >= 0.6 is 23.2 Å². The van der Waals surface area contributed by atoms with Crippen LogP contribution in [0.2, 0.25) is 10.0 Å². The topological polar surface area (TPSA) is 140 Å². The average Bonchev–Trinajstić information content (AvgIpc) is 2.88. The molecule has 4 aromatic rings. The monoisotopic (exact) mass is 609 g/mol. The van der Waals surface area contributed by atoms with E-state index in [1.807, 2.05) is 6.92 Å². The van der Waals surface area contributed by atoms with Crippen molar-refractivity contribution in [2.75, 3.05) is 11.9 Å². The number of halogens is 2. The molecule has 0 fully saturated rings. The molecule has 0 aliphatic carbocycles. The van der Waals surface area contributed by atoms with E-state index in [-0.39, 0.29) is 51.5 Å². The molecule has 0 spiro atoms. The van der Waals surface area contributed by atoms with Crippen LogP contribution in [-0.4, -0.2) is 25.5 Å². The molecule has 4 rings (SSSR count). The summed E-state index contributed by atoms with van der Waals surface area (Å²) in [6.45, 7) is 3.92. The van der Waals surface area contributed by atoms with E-state index in [4.69, 9.17) is 27.9 Å². The van der Waals surface area contributed by atoms with Crippen LogP contribution in [0.4, 0.5) is 17.1 Å². The van der Waals surface area contributed by atoms with Gasteiger partial charge in [-0.15, -0.1) is 5.11 Å². The van der Waals surface area contributed by atoms with E-state index < -0.39 is 26.7 Å². The molecule has 9 nitrogen and oxygen atoms in total. The minimum absolute atomic E-state index is 0. The van der Waals surface area contributed by atoms with Gasteiger partial charge < -0.3 is 15.2 Å². The number of nitrogens with one attached hydrogen (secondary N) is 1. The third kappa shape index (κ3) is 6.95. The van der Waals surface area contributed by atoms with Gasteiger partial charge in [-0.05, 0) is 54.6 Å². The predicted octanol–water partition coefficient (Wildman–Crippen LogP) is 4.10. The number of carbonyl (C=O) groups is 1. The normalized spacial score (nSPS) is 11.4. The van der Waals surface area contributed by atoms with E-state index in [1.54, 1.807) is 49.4 Å². The molecule has 0 aliphatic heterocycles. The fraction of sp³-hybridized carbons (Fsp3) is 0.148. The second-order valence-corrected chi connectivity index (χ2v) is 10.5. The zero-order valence-electron chi connectivity index (χ0n) is 21.7. The largest absolute Gasteiger partial charge is 1.00 e. The van der Waals surface area contributed by atoms with Gasteiger partial charge in [0.15, 0.2) is 0 Å². The molecule has 1 amide bonds. The van der Waals surface area contributed by atoms with E-state index >= 15 is 0 Å². The number of aryl methyl sites for hydroxylation is 1. The van der Waals surface area contributed by atoms with Gasteiger partial charge in [0.25, 0.3) is 16.0 Å². The summed E-state index contributed by atoms with van der Waals surface area (Å²) in [5.74, 6) is -1.13. The molecule has 0 aliphatic rings. The van der Waals surface area contributed by atoms with Crippen LogP contribution in [0.15, 0.2) is 75.8 Å². The molecule has 13 heteroatoms. The summed E-state index contributed by atoms with van der Waals surface area (Å²) in [5, 5.41) is 25.3. The molecular formula is C27H22Cl2N3NaO6S. The number of benzene rings is 4. The summed E-state index contributed by atoms with van der Waals surface area (Å²) in [6.07, 6.45) is 0.494. The smallest absolute Gasteiger partial charge is 0.870 e. The number of fused-ring (bicyclic) bond motifs is 1. The maximum absolute atomic E-state index is 13.5. The molecule has 0 heterocycles. The molecule has 0 atom stereocenters. The van der Waals surface area contributed by atoms with Crippen molar-refractivity contribution >= 4 is 67.1 Å². The molecule has 40 heavy (non-hydrogen) atoms. The van der Waals surface area contributed by atoms with Crippen molar-refractivity contribution < 1.29 is 57.2 Å². The number of anilines is 1. The summed E-state index contributed by atoms with van der Waals surface area (Å²) < 4.78 is 39.3. The molecule has 2 N–H and O–H groups in total. The molecule has 202 valence electrons. The van der Waals surface area contributed by atoms with Gasteiger partial charge in [-0.2, -0.15) is 13.5 Å². The second-order valence-electron chi connectivity index (χ2n) is 8.31. The average molecular weight is 610 g/mol. The molecule has 0 saturated heterocycles. The first-order valence-electron chi connectivity index (χ1n) is 11.7. The van der Waals surface area contributed by atoms with Crippen LogP contribution < -0.4 is 44.7 Å². The van der Waals surface area contributed by atoms with Crippen LogP contribution in [0.5, 0.6) is 11.5 Å². The Balaban J connectivity index is 0.00000441. The first kappa shape index (κ1) is 31.8. The number of azo groups is 1. The molecule has 0 radical (unpaired) electrons. The fourth-order valence-electron chi connectivity index (χ4n) is 3.91. The molecule has 4 aromatic carbocycles. The Hall–Kier alpha value is -2.70. The quantitative estimate of drug-likeness (QED) is 0.175. The number of hydrogen-bond donors (Lipinski definition) is 2. The van der Waals surface area contributed by atoms with Crippen molar-refractivity contribution in [3.63, 3.8) is 0 Å². The van der Waals surface area contributed by atoms with Gasteiger partial charge in [-0.3, -0.25) is 9.35 Å². The molecular weight excluding hydrogens is 588 g/mol. The summed E-state index contributed by atoms with van der Waals surface area (Å²) in [5.41, 5.74) is 0.275. The molecule has 0 saturated carbocycles. The third-order valence-electron chi connectivity index (χ3n) is 5.72. The summed E-state index contributed by atoms with van der Waals surface area (Å²) in [6, 6.07) is 15.6. The molecule has 0 bridgehead atoms. The number of hydrogen-bond acceptors (Lipinski definition) is 7. The number of rotatable bonds is 8. The predicted molar refractivity (Wildman–Crippen MR) is 149 cm³/mol. The first-order valence-corrected chi connectivity index (χ1v) is 13.9.